The van der Waals surface area contributed by atoms with E-state index in [-0.39, 0.29) is 19.0 Å². The van der Waals surface area contributed by atoms with E-state index in [2.05, 4.69) is 10.4 Å². The lowest BCUT2D eigenvalue weighted by Crippen LogP contribution is -2.12. The molecule has 1 N–H and O–H groups in total. The first kappa shape index (κ1) is 16.5. The predicted octanol–water partition coefficient (Wildman–Crippen LogP) is 2.84. The Balaban J connectivity index is 0.00000200. The van der Waals surface area contributed by atoms with Gasteiger partial charge in [0.25, 0.3) is 0 Å². The molecule has 2 aromatic rings. The molecule has 0 amide bonds. The maximum Gasteiger partial charge on any atom is 0.126 e. The van der Waals surface area contributed by atoms with Crippen LogP contribution in [-0.4, -0.2) is 16.5 Å². The molecular formula is C13H15ClF3N3. The van der Waals surface area contributed by atoms with Crippen molar-refractivity contribution in [3.63, 3.8) is 0 Å². The molecule has 20 heavy (non-hydrogen) atoms. The van der Waals surface area contributed by atoms with Crippen molar-refractivity contribution in [2.24, 2.45) is 0 Å². The van der Waals surface area contributed by atoms with E-state index >= 15 is 0 Å². The summed E-state index contributed by atoms with van der Waals surface area (Å²) in [6, 6.07) is 3.40. The number of aryl methyl sites for hydroxylation is 1. The molecule has 0 atom stereocenters. The predicted molar refractivity (Wildman–Crippen MR) is 72.4 cm³/mol. The molecule has 1 heterocycles. The van der Waals surface area contributed by atoms with Gasteiger partial charge in [-0.25, -0.2) is 13.2 Å². The number of hydrogen-bond donors (Lipinski definition) is 1. The van der Waals surface area contributed by atoms with Gasteiger partial charge in [0.1, 0.15) is 18.3 Å². The maximum atomic E-state index is 12.9. The minimum Gasteiger partial charge on any atom is -0.308 e. The first-order valence-corrected chi connectivity index (χ1v) is 5.90. The summed E-state index contributed by atoms with van der Waals surface area (Å²) in [5.41, 5.74) is 1.43. The molecule has 0 saturated heterocycles. The summed E-state index contributed by atoms with van der Waals surface area (Å²) < 4.78 is 39.5. The van der Waals surface area contributed by atoms with Crippen molar-refractivity contribution in [1.82, 2.24) is 15.1 Å². The zero-order chi connectivity index (χ0) is 13.7. The minimum absolute atomic E-state index is 0. The Hall–Kier alpha value is -1.53. The third-order valence-electron chi connectivity index (χ3n) is 2.58. The standard InChI is InChI=1S/C13H14F3N3.ClH/c14-1-2-19-9-11(8-18-19)7-17-6-10-3-12(15)5-13(16)4-10;/h3-5,8-9,17H,1-2,6-7H2;1H. The van der Waals surface area contributed by atoms with Gasteiger partial charge in [-0.05, 0) is 17.7 Å². The third-order valence-corrected chi connectivity index (χ3v) is 2.58. The SMILES string of the molecule is Cl.FCCn1cc(CNCc2cc(F)cc(F)c2)cn1. The van der Waals surface area contributed by atoms with E-state index in [9.17, 15) is 13.2 Å². The zero-order valence-corrected chi connectivity index (χ0v) is 11.5. The molecule has 2 rings (SSSR count). The van der Waals surface area contributed by atoms with Crippen LogP contribution in [0, 0.1) is 11.6 Å². The fraction of sp³-hybridized carbons (Fsp3) is 0.308. The summed E-state index contributed by atoms with van der Waals surface area (Å²) in [5.74, 6) is -1.18. The maximum absolute atomic E-state index is 12.9. The number of benzene rings is 1. The molecule has 0 saturated carbocycles. The summed E-state index contributed by atoms with van der Waals surface area (Å²) in [4.78, 5) is 0. The molecule has 7 heteroatoms. The van der Waals surface area contributed by atoms with Crippen molar-refractivity contribution in [1.29, 1.82) is 0 Å². The largest absolute Gasteiger partial charge is 0.308 e. The second-order valence-corrected chi connectivity index (χ2v) is 4.18. The monoisotopic (exact) mass is 305 g/mol. The van der Waals surface area contributed by atoms with Crippen LogP contribution in [0.1, 0.15) is 11.1 Å². The summed E-state index contributed by atoms with van der Waals surface area (Å²) >= 11 is 0. The Bertz CT molecular complexity index is 525. The second kappa shape index (κ2) is 7.91. The lowest BCUT2D eigenvalue weighted by atomic mass is 10.2. The first-order valence-electron chi connectivity index (χ1n) is 5.90. The van der Waals surface area contributed by atoms with Gasteiger partial charge in [0.2, 0.25) is 0 Å². The van der Waals surface area contributed by atoms with E-state index in [0.717, 1.165) is 11.6 Å². The highest BCUT2D eigenvalue weighted by Gasteiger charge is 2.02. The van der Waals surface area contributed by atoms with Crippen molar-refractivity contribution in [2.75, 3.05) is 6.67 Å². The summed E-state index contributed by atoms with van der Waals surface area (Å²) in [7, 11) is 0. The summed E-state index contributed by atoms with van der Waals surface area (Å²) in [6.07, 6.45) is 3.37. The molecule has 1 aromatic heterocycles. The molecule has 0 aliphatic carbocycles. The van der Waals surface area contributed by atoms with Crippen LogP contribution in [0.3, 0.4) is 0 Å². The normalized spacial score (nSPS) is 10.3. The fourth-order valence-corrected chi connectivity index (χ4v) is 1.77. The van der Waals surface area contributed by atoms with Gasteiger partial charge in [-0.3, -0.25) is 4.68 Å². The molecule has 0 fully saturated rings. The number of rotatable bonds is 6. The van der Waals surface area contributed by atoms with Crippen LogP contribution in [0.15, 0.2) is 30.6 Å². The van der Waals surface area contributed by atoms with Gasteiger partial charge < -0.3 is 5.32 Å². The van der Waals surface area contributed by atoms with E-state index in [1.165, 1.54) is 16.8 Å². The molecular weight excluding hydrogens is 291 g/mol. The highest BCUT2D eigenvalue weighted by molar-refractivity contribution is 5.85. The first-order chi connectivity index (χ1) is 9.17. The van der Waals surface area contributed by atoms with Crippen LogP contribution in [-0.2, 0) is 19.6 Å². The molecule has 0 aliphatic heterocycles. The van der Waals surface area contributed by atoms with E-state index < -0.39 is 18.3 Å². The van der Waals surface area contributed by atoms with Gasteiger partial charge in [0.15, 0.2) is 0 Å². The van der Waals surface area contributed by atoms with Crippen molar-refractivity contribution in [3.05, 3.63) is 53.4 Å². The van der Waals surface area contributed by atoms with Crippen LogP contribution in [0.5, 0.6) is 0 Å². The average Bonchev–Trinajstić information content (AvgIpc) is 2.76. The lowest BCUT2D eigenvalue weighted by Gasteiger charge is -2.04. The molecule has 110 valence electrons. The van der Waals surface area contributed by atoms with E-state index in [0.29, 0.717) is 18.7 Å². The minimum atomic E-state index is -0.590. The van der Waals surface area contributed by atoms with Gasteiger partial charge in [0, 0.05) is 30.9 Å². The van der Waals surface area contributed by atoms with Crippen molar-refractivity contribution >= 4 is 12.4 Å². The smallest absolute Gasteiger partial charge is 0.126 e. The van der Waals surface area contributed by atoms with E-state index in [1.54, 1.807) is 12.4 Å². The Morgan fingerprint density at radius 2 is 1.70 bits per heavy atom. The van der Waals surface area contributed by atoms with Gasteiger partial charge >= 0.3 is 0 Å². The Morgan fingerprint density at radius 1 is 1.05 bits per heavy atom. The lowest BCUT2D eigenvalue weighted by molar-refractivity contribution is 0.427. The van der Waals surface area contributed by atoms with Crippen molar-refractivity contribution in [3.8, 4) is 0 Å². The number of nitrogens with one attached hydrogen (secondary N) is 1. The second-order valence-electron chi connectivity index (χ2n) is 4.18. The van der Waals surface area contributed by atoms with Gasteiger partial charge in [-0.1, -0.05) is 0 Å². The number of alkyl halides is 1. The molecule has 0 unspecified atom stereocenters. The fourth-order valence-electron chi connectivity index (χ4n) is 1.77. The Morgan fingerprint density at radius 3 is 2.35 bits per heavy atom. The van der Waals surface area contributed by atoms with Crippen LogP contribution in [0.2, 0.25) is 0 Å². The highest BCUT2D eigenvalue weighted by Crippen LogP contribution is 2.08. The molecule has 0 radical (unpaired) electrons. The topological polar surface area (TPSA) is 29.9 Å². The van der Waals surface area contributed by atoms with Crippen LogP contribution < -0.4 is 5.32 Å². The van der Waals surface area contributed by atoms with Crippen LogP contribution in [0.25, 0.3) is 0 Å². The van der Waals surface area contributed by atoms with Gasteiger partial charge in [0.05, 0.1) is 12.7 Å². The van der Waals surface area contributed by atoms with Crippen LogP contribution in [0.4, 0.5) is 13.2 Å². The van der Waals surface area contributed by atoms with Crippen molar-refractivity contribution in [2.45, 2.75) is 19.6 Å². The molecule has 1 aromatic carbocycles. The highest BCUT2D eigenvalue weighted by atomic mass is 35.5. The van der Waals surface area contributed by atoms with E-state index in [4.69, 9.17) is 0 Å². The zero-order valence-electron chi connectivity index (χ0n) is 10.7. The average molecular weight is 306 g/mol. The Labute approximate surface area is 121 Å². The number of aromatic nitrogens is 2. The summed E-state index contributed by atoms with van der Waals surface area (Å²) in [6.45, 7) is 0.625. The van der Waals surface area contributed by atoms with Gasteiger partial charge in [-0.15, -0.1) is 12.4 Å². The quantitative estimate of drug-likeness (QED) is 0.889. The van der Waals surface area contributed by atoms with Crippen LogP contribution >= 0.6 is 12.4 Å². The van der Waals surface area contributed by atoms with E-state index in [1.807, 2.05) is 0 Å². The Kier molecular flexibility index (Phi) is 6.54. The number of nitrogens with zero attached hydrogens (tertiary/aromatic N) is 2. The number of halogens is 4. The number of hydrogen-bond acceptors (Lipinski definition) is 2. The third kappa shape index (κ3) is 4.86. The molecule has 0 spiro atoms. The molecule has 0 bridgehead atoms. The molecule has 0 aliphatic rings. The summed E-state index contributed by atoms with van der Waals surface area (Å²) in [5, 5.41) is 7.02. The van der Waals surface area contributed by atoms with Crippen molar-refractivity contribution < 1.29 is 13.2 Å². The molecule has 3 nitrogen and oxygen atoms in total. The van der Waals surface area contributed by atoms with Gasteiger partial charge in [-0.2, -0.15) is 5.10 Å².